The van der Waals surface area contributed by atoms with E-state index in [0.717, 1.165) is 28.7 Å². The summed E-state index contributed by atoms with van der Waals surface area (Å²) in [5.41, 5.74) is 7.45. The molecule has 1 aliphatic carbocycles. The van der Waals surface area contributed by atoms with E-state index < -0.39 is 0 Å². The van der Waals surface area contributed by atoms with E-state index in [1.54, 1.807) is 0 Å². The molecule has 2 N–H and O–H groups in total. The van der Waals surface area contributed by atoms with Gasteiger partial charge in [0.15, 0.2) is 5.82 Å². The van der Waals surface area contributed by atoms with Gasteiger partial charge in [-0.25, -0.2) is 0 Å². The number of benzene rings is 1. The van der Waals surface area contributed by atoms with Gasteiger partial charge in [-0.2, -0.15) is 4.98 Å². The number of nitrogens with two attached hydrogens (primary N) is 1. The highest BCUT2D eigenvalue weighted by Gasteiger charge is 2.29. The standard InChI is InChI=1S/C16H20BrN3O/c17-13-6-4-5-12(9-13)10-14-19-15(21-20-14)11-16(18)7-2-1-3-8-16/h4-6,9H,1-3,7-8,10-11,18H2. The van der Waals surface area contributed by atoms with Crippen molar-refractivity contribution in [3.05, 3.63) is 46.0 Å². The van der Waals surface area contributed by atoms with Crippen LogP contribution >= 0.6 is 15.9 Å². The van der Waals surface area contributed by atoms with Crippen LogP contribution in [0.4, 0.5) is 0 Å². The third-order valence-electron chi connectivity index (χ3n) is 4.11. The minimum atomic E-state index is -0.155. The number of rotatable bonds is 4. The minimum absolute atomic E-state index is 0.155. The molecule has 0 bridgehead atoms. The number of hydrogen-bond donors (Lipinski definition) is 1. The van der Waals surface area contributed by atoms with Gasteiger partial charge in [-0.05, 0) is 30.5 Å². The quantitative estimate of drug-likeness (QED) is 0.915. The molecule has 0 saturated heterocycles. The van der Waals surface area contributed by atoms with Crippen LogP contribution < -0.4 is 5.73 Å². The maximum Gasteiger partial charge on any atom is 0.228 e. The van der Waals surface area contributed by atoms with Crippen molar-refractivity contribution in [2.24, 2.45) is 5.73 Å². The van der Waals surface area contributed by atoms with E-state index in [-0.39, 0.29) is 5.54 Å². The second-order valence-electron chi connectivity index (χ2n) is 6.01. The fourth-order valence-electron chi connectivity index (χ4n) is 3.00. The second kappa shape index (κ2) is 6.28. The molecular weight excluding hydrogens is 330 g/mol. The number of halogens is 1. The minimum Gasteiger partial charge on any atom is -0.339 e. The summed E-state index contributed by atoms with van der Waals surface area (Å²) in [5, 5.41) is 4.08. The molecule has 2 aromatic rings. The van der Waals surface area contributed by atoms with Gasteiger partial charge in [-0.1, -0.05) is 52.5 Å². The van der Waals surface area contributed by atoms with E-state index in [1.807, 2.05) is 12.1 Å². The predicted octanol–water partition coefficient (Wildman–Crippen LogP) is 3.63. The van der Waals surface area contributed by atoms with Gasteiger partial charge in [-0.3, -0.25) is 0 Å². The molecule has 0 unspecified atom stereocenters. The lowest BCUT2D eigenvalue weighted by atomic mass is 9.80. The molecule has 0 atom stereocenters. The van der Waals surface area contributed by atoms with Crippen LogP contribution in [-0.4, -0.2) is 15.7 Å². The fraction of sp³-hybridized carbons (Fsp3) is 0.500. The van der Waals surface area contributed by atoms with Crippen molar-refractivity contribution in [2.75, 3.05) is 0 Å². The van der Waals surface area contributed by atoms with Gasteiger partial charge in [0.2, 0.25) is 5.89 Å². The average molecular weight is 350 g/mol. The van der Waals surface area contributed by atoms with E-state index in [9.17, 15) is 0 Å². The van der Waals surface area contributed by atoms with E-state index in [4.69, 9.17) is 10.3 Å². The van der Waals surface area contributed by atoms with Crippen LogP contribution in [0.2, 0.25) is 0 Å². The molecule has 21 heavy (non-hydrogen) atoms. The van der Waals surface area contributed by atoms with Crippen molar-refractivity contribution in [3.8, 4) is 0 Å². The van der Waals surface area contributed by atoms with Crippen LogP contribution in [0, 0.1) is 0 Å². The van der Waals surface area contributed by atoms with Crippen LogP contribution in [0.15, 0.2) is 33.3 Å². The average Bonchev–Trinajstić information content (AvgIpc) is 2.86. The van der Waals surface area contributed by atoms with Crippen LogP contribution in [0.1, 0.15) is 49.4 Å². The molecule has 1 aliphatic rings. The molecule has 3 rings (SSSR count). The molecule has 5 heteroatoms. The first kappa shape index (κ1) is 14.7. The molecule has 1 aromatic carbocycles. The summed E-state index contributed by atoms with van der Waals surface area (Å²) in [4.78, 5) is 4.50. The molecule has 1 saturated carbocycles. The fourth-order valence-corrected chi connectivity index (χ4v) is 3.44. The third kappa shape index (κ3) is 3.92. The topological polar surface area (TPSA) is 64.9 Å². The van der Waals surface area contributed by atoms with Gasteiger partial charge >= 0.3 is 0 Å². The summed E-state index contributed by atoms with van der Waals surface area (Å²) in [6.45, 7) is 0. The molecule has 1 aromatic heterocycles. The molecule has 0 aliphatic heterocycles. The van der Waals surface area contributed by atoms with E-state index in [0.29, 0.717) is 18.7 Å². The van der Waals surface area contributed by atoms with Crippen molar-refractivity contribution in [1.82, 2.24) is 10.1 Å². The third-order valence-corrected chi connectivity index (χ3v) is 4.61. The summed E-state index contributed by atoms with van der Waals surface area (Å²) in [7, 11) is 0. The van der Waals surface area contributed by atoms with Crippen molar-refractivity contribution in [1.29, 1.82) is 0 Å². The van der Waals surface area contributed by atoms with Crippen LogP contribution in [0.3, 0.4) is 0 Å². The number of hydrogen-bond acceptors (Lipinski definition) is 4. The van der Waals surface area contributed by atoms with Gasteiger partial charge in [-0.15, -0.1) is 0 Å². The molecule has 1 heterocycles. The molecule has 1 fully saturated rings. The molecule has 0 radical (unpaired) electrons. The van der Waals surface area contributed by atoms with E-state index >= 15 is 0 Å². The molecular formula is C16H20BrN3O. The Balaban J connectivity index is 1.66. The lowest BCUT2D eigenvalue weighted by Gasteiger charge is -2.31. The Kier molecular flexibility index (Phi) is 4.40. The summed E-state index contributed by atoms with van der Waals surface area (Å²) in [6, 6.07) is 8.15. The van der Waals surface area contributed by atoms with Crippen LogP contribution in [-0.2, 0) is 12.8 Å². The monoisotopic (exact) mass is 349 g/mol. The van der Waals surface area contributed by atoms with Gasteiger partial charge < -0.3 is 10.3 Å². The summed E-state index contributed by atoms with van der Waals surface area (Å²) < 4.78 is 6.44. The Hall–Kier alpha value is -1.20. The zero-order valence-electron chi connectivity index (χ0n) is 12.0. The van der Waals surface area contributed by atoms with Gasteiger partial charge in [0, 0.05) is 22.9 Å². The van der Waals surface area contributed by atoms with E-state index in [1.165, 1.54) is 19.3 Å². The highest BCUT2D eigenvalue weighted by molar-refractivity contribution is 9.10. The molecule has 112 valence electrons. The summed E-state index contributed by atoms with van der Waals surface area (Å²) in [5.74, 6) is 1.40. The van der Waals surface area contributed by atoms with Crippen molar-refractivity contribution in [3.63, 3.8) is 0 Å². The lowest BCUT2D eigenvalue weighted by molar-refractivity contribution is 0.260. The van der Waals surface area contributed by atoms with Gasteiger partial charge in [0.05, 0.1) is 0 Å². The smallest absolute Gasteiger partial charge is 0.228 e. The first-order valence-corrected chi connectivity index (χ1v) is 8.27. The molecule has 4 nitrogen and oxygen atoms in total. The van der Waals surface area contributed by atoms with E-state index in [2.05, 4.69) is 38.2 Å². The zero-order valence-corrected chi connectivity index (χ0v) is 13.6. The maximum absolute atomic E-state index is 6.44. The Morgan fingerprint density at radius 3 is 2.81 bits per heavy atom. The number of aromatic nitrogens is 2. The van der Waals surface area contributed by atoms with Crippen LogP contribution in [0.5, 0.6) is 0 Å². The SMILES string of the molecule is NC1(Cc2nc(Cc3cccc(Br)c3)no2)CCCCC1. The first-order valence-electron chi connectivity index (χ1n) is 7.48. The Labute approximate surface area is 133 Å². The first-order chi connectivity index (χ1) is 10.1. The second-order valence-corrected chi connectivity index (χ2v) is 6.93. The Bertz CT molecular complexity index is 605. The molecule has 0 amide bonds. The van der Waals surface area contributed by atoms with Crippen molar-refractivity contribution in [2.45, 2.75) is 50.5 Å². The summed E-state index contributed by atoms with van der Waals surface area (Å²) in [6.07, 6.45) is 7.17. The predicted molar refractivity (Wildman–Crippen MR) is 85.0 cm³/mol. The largest absolute Gasteiger partial charge is 0.339 e. The number of nitrogens with zero attached hydrogens (tertiary/aromatic N) is 2. The van der Waals surface area contributed by atoms with Crippen molar-refractivity contribution >= 4 is 15.9 Å². The van der Waals surface area contributed by atoms with Crippen LogP contribution in [0.25, 0.3) is 0 Å². The summed E-state index contributed by atoms with van der Waals surface area (Å²) >= 11 is 3.47. The van der Waals surface area contributed by atoms with Crippen molar-refractivity contribution < 1.29 is 4.52 Å². The van der Waals surface area contributed by atoms with Gasteiger partial charge in [0.25, 0.3) is 0 Å². The lowest BCUT2D eigenvalue weighted by Crippen LogP contribution is -2.43. The highest BCUT2D eigenvalue weighted by Crippen LogP contribution is 2.28. The zero-order chi connectivity index (χ0) is 14.7. The Morgan fingerprint density at radius 2 is 2.05 bits per heavy atom. The Morgan fingerprint density at radius 1 is 1.24 bits per heavy atom. The maximum atomic E-state index is 6.44. The normalized spacial score (nSPS) is 17.8. The highest BCUT2D eigenvalue weighted by atomic mass is 79.9. The van der Waals surface area contributed by atoms with Gasteiger partial charge in [0.1, 0.15) is 0 Å². The molecule has 0 spiro atoms.